The van der Waals surface area contributed by atoms with Crippen LogP contribution in [-0.4, -0.2) is 19.2 Å². The lowest BCUT2D eigenvalue weighted by molar-refractivity contribution is -0.135. The van der Waals surface area contributed by atoms with E-state index in [4.69, 9.17) is 4.74 Å². The summed E-state index contributed by atoms with van der Waals surface area (Å²) < 4.78 is 9.99. The zero-order valence-electron chi connectivity index (χ0n) is 12.1. The summed E-state index contributed by atoms with van der Waals surface area (Å²) in [6, 6.07) is 9.73. The second-order valence-electron chi connectivity index (χ2n) is 4.72. The van der Waals surface area contributed by atoms with Crippen molar-refractivity contribution in [3.05, 3.63) is 48.2 Å². The van der Waals surface area contributed by atoms with E-state index in [-0.39, 0.29) is 6.10 Å². The molecule has 3 nitrogen and oxygen atoms in total. The molecule has 1 rings (SSSR count). The summed E-state index contributed by atoms with van der Waals surface area (Å²) in [7, 11) is 1.33. The number of hydrogen-bond donors (Lipinski definition) is 0. The number of rotatable bonds is 5. The van der Waals surface area contributed by atoms with E-state index in [1.54, 1.807) is 0 Å². The molecule has 0 heterocycles. The highest BCUT2D eigenvalue weighted by Gasteiger charge is 2.07. The Labute approximate surface area is 120 Å². The van der Waals surface area contributed by atoms with Gasteiger partial charge in [0.2, 0.25) is 0 Å². The average Bonchev–Trinajstić information content (AvgIpc) is 2.45. The molecular weight excluding hydrogens is 252 g/mol. The van der Waals surface area contributed by atoms with Gasteiger partial charge in [-0.3, -0.25) is 0 Å². The van der Waals surface area contributed by atoms with Gasteiger partial charge in [-0.15, -0.1) is 0 Å². The Bertz CT molecular complexity index is 492. The predicted octanol–water partition coefficient (Wildman–Crippen LogP) is 3.16. The number of methoxy groups -OCH3 is 1. The number of esters is 1. The average molecular weight is 272 g/mol. The van der Waals surface area contributed by atoms with Crippen molar-refractivity contribution in [2.24, 2.45) is 5.92 Å². The maximum atomic E-state index is 11.0. The van der Waals surface area contributed by atoms with Gasteiger partial charge in [0.05, 0.1) is 19.4 Å². The van der Waals surface area contributed by atoms with Crippen molar-refractivity contribution >= 4 is 5.97 Å². The first kappa shape index (κ1) is 15.8. The summed E-state index contributed by atoms with van der Waals surface area (Å²) in [5.74, 6) is 6.18. The minimum atomic E-state index is -0.440. The van der Waals surface area contributed by atoms with Crippen LogP contribution in [0.5, 0.6) is 0 Å². The molecule has 0 spiro atoms. The molecule has 1 aromatic rings. The molecule has 0 saturated heterocycles. The van der Waals surface area contributed by atoms with E-state index in [1.165, 1.54) is 19.4 Å². The molecule has 0 aromatic heterocycles. The fourth-order valence-corrected chi connectivity index (χ4v) is 1.52. The lowest BCUT2D eigenvalue weighted by Gasteiger charge is -2.12. The molecule has 1 aromatic carbocycles. The summed E-state index contributed by atoms with van der Waals surface area (Å²) in [5, 5.41) is 0. The minimum Gasteiger partial charge on any atom is -0.485 e. The van der Waals surface area contributed by atoms with E-state index in [0.717, 1.165) is 12.0 Å². The second-order valence-corrected chi connectivity index (χ2v) is 4.72. The standard InChI is InChI=1S/C17H20O3/c1-14(2)13-16(20-12-11-17(18)19-3)10-9-15-7-5-4-6-8-15/h4-8,11-12,14,16H,13H2,1-3H3/b12-11+. The van der Waals surface area contributed by atoms with Gasteiger partial charge in [-0.2, -0.15) is 0 Å². The Morgan fingerprint density at radius 3 is 2.60 bits per heavy atom. The first-order valence-electron chi connectivity index (χ1n) is 6.58. The molecule has 0 amide bonds. The van der Waals surface area contributed by atoms with Gasteiger partial charge in [-0.25, -0.2) is 4.79 Å². The van der Waals surface area contributed by atoms with Crippen molar-refractivity contribution in [2.45, 2.75) is 26.4 Å². The van der Waals surface area contributed by atoms with Crippen molar-refractivity contribution in [1.29, 1.82) is 0 Å². The van der Waals surface area contributed by atoms with Gasteiger partial charge >= 0.3 is 5.97 Å². The molecular formula is C17H20O3. The fourth-order valence-electron chi connectivity index (χ4n) is 1.52. The third-order valence-corrected chi connectivity index (χ3v) is 2.48. The molecule has 0 radical (unpaired) electrons. The molecule has 1 atom stereocenters. The predicted molar refractivity (Wildman–Crippen MR) is 78.8 cm³/mol. The lowest BCUT2D eigenvalue weighted by atomic mass is 10.1. The van der Waals surface area contributed by atoms with Gasteiger partial charge in [-0.1, -0.05) is 43.9 Å². The highest BCUT2D eigenvalue weighted by molar-refractivity contribution is 5.81. The minimum absolute atomic E-state index is 0.240. The molecule has 0 saturated carbocycles. The first-order valence-corrected chi connectivity index (χ1v) is 6.58. The fraction of sp³-hybridized carbons (Fsp3) is 0.353. The third kappa shape index (κ3) is 6.65. The topological polar surface area (TPSA) is 35.5 Å². The monoisotopic (exact) mass is 272 g/mol. The van der Waals surface area contributed by atoms with Crippen LogP contribution in [0.2, 0.25) is 0 Å². The molecule has 0 fully saturated rings. The van der Waals surface area contributed by atoms with Crippen LogP contribution in [0.3, 0.4) is 0 Å². The Morgan fingerprint density at radius 2 is 2.00 bits per heavy atom. The van der Waals surface area contributed by atoms with Gasteiger partial charge < -0.3 is 9.47 Å². The Kier molecular flexibility index (Phi) is 6.99. The second kappa shape index (κ2) is 8.82. The number of carbonyl (C=O) groups is 1. The number of carbonyl (C=O) groups excluding carboxylic acids is 1. The molecule has 106 valence electrons. The normalized spacial score (nSPS) is 11.8. The van der Waals surface area contributed by atoms with Gasteiger partial charge in [-0.05, 0) is 24.5 Å². The molecule has 0 aliphatic rings. The van der Waals surface area contributed by atoms with Crippen LogP contribution >= 0.6 is 0 Å². The number of benzene rings is 1. The van der Waals surface area contributed by atoms with Gasteiger partial charge in [0, 0.05) is 5.56 Å². The van der Waals surface area contributed by atoms with E-state index < -0.39 is 5.97 Å². The van der Waals surface area contributed by atoms with Crippen molar-refractivity contribution in [2.75, 3.05) is 7.11 Å². The summed E-state index contributed by atoms with van der Waals surface area (Å²) in [5.41, 5.74) is 0.946. The van der Waals surface area contributed by atoms with Crippen LogP contribution in [0.25, 0.3) is 0 Å². The van der Waals surface area contributed by atoms with Crippen LogP contribution < -0.4 is 0 Å². The van der Waals surface area contributed by atoms with Crippen molar-refractivity contribution in [3.63, 3.8) is 0 Å². The van der Waals surface area contributed by atoms with E-state index in [2.05, 4.69) is 30.4 Å². The van der Waals surface area contributed by atoms with Gasteiger partial charge in [0.25, 0.3) is 0 Å². The van der Waals surface area contributed by atoms with Crippen molar-refractivity contribution in [3.8, 4) is 11.8 Å². The molecule has 20 heavy (non-hydrogen) atoms. The third-order valence-electron chi connectivity index (χ3n) is 2.48. The van der Waals surface area contributed by atoms with Crippen LogP contribution in [-0.2, 0) is 14.3 Å². The Morgan fingerprint density at radius 1 is 1.30 bits per heavy atom. The largest absolute Gasteiger partial charge is 0.485 e. The van der Waals surface area contributed by atoms with Gasteiger partial charge in [0.1, 0.15) is 0 Å². The quantitative estimate of drug-likeness (QED) is 0.357. The zero-order valence-corrected chi connectivity index (χ0v) is 12.1. The zero-order chi connectivity index (χ0) is 14.8. The highest BCUT2D eigenvalue weighted by atomic mass is 16.5. The Balaban J connectivity index is 2.67. The molecule has 0 bridgehead atoms. The van der Waals surface area contributed by atoms with Crippen LogP contribution in [0, 0.1) is 17.8 Å². The van der Waals surface area contributed by atoms with Crippen LogP contribution in [0.1, 0.15) is 25.8 Å². The maximum absolute atomic E-state index is 11.0. The molecule has 0 aliphatic carbocycles. The van der Waals surface area contributed by atoms with Crippen LogP contribution in [0.15, 0.2) is 42.7 Å². The molecule has 3 heteroatoms. The first-order chi connectivity index (χ1) is 9.61. The molecule has 0 N–H and O–H groups in total. The number of hydrogen-bond acceptors (Lipinski definition) is 3. The molecule has 1 unspecified atom stereocenters. The summed E-state index contributed by atoms with van der Waals surface area (Å²) in [6.45, 7) is 4.20. The number of ether oxygens (including phenoxy) is 2. The SMILES string of the molecule is COC(=O)/C=C/OC(C#Cc1ccccc1)CC(C)C. The lowest BCUT2D eigenvalue weighted by Crippen LogP contribution is -2.11. The van der Waals surface area contributed by atoms with E-state index in [1.807, 2.05) is 30.3 Å². The van der Waals surface area contributed by atoms with Crippen LogP contribution in [0.4, 0.5) is 0 Å². The molecule has 0 aliphatic heterocycles. The van der Waals surface area contributed by atoms with Crippen molar-refractivity contribution < 1.29 is 14.3 Å². The van der Waals surface area contributed by atoms with E-state index in [9.17, 15) is 4.79 Å². The summed E-state index contributed by atoms with van der Waals surface area (Å²) in [6.07, 6.45) is 3.15. The Hall–Kier alpha value is -2.21. The maximum Gasteiger partial charge on any atom is 0.333 e. The van der Waals surface area contributed by atoms with E-state index >= 15 is 0 Å². The van der Waals surface area contributed by atoms with Crippen molar-refractivity contribution in [1.82, 2.24) is 0 Å². The summed E-state index contributed by atoms with van der Waals surface area (Å²) >= 11 is 0. The van der Waals surface area contributed by atoms with E-state index in [0.29, 0.717) is 5.92 Å². The highest BCUT2D eigenvalue weighted by Crippen LogP contribution is 2.08. The van der Waals surface area contributed by atoms with Gasteiger partial charge in [0.15, 0.2) is 6.10 Å². The summed E-state index contributed by atoms with van der Waals surface area (Å²) in [4.78, 5) is 11.0. The smallest absolute Gasteiger partial charge is 0.333 e.